The molecule has 0 saturated heterocycles. The van der Waals surface area contributed by atoms with Crippen LogP contribution in [0.15, 0.2) is 29.4 Å². The molecule has 0 spiro atoms. The van der Waals surface area contributed by atoms with Gasteiger partial charge in [-0.3, -0.25) is 4.79 Å². The molecule has 1 amide bonds. The maximum absolute atomic E-state index is 12.2. The van der Waals surface area contributed by atoms with Crippen molar-refractivity contribution in [2.45, 2.75) is 44.8 Å². The van der Waals surface area contributed by atoms with Crippen LogP contribution in [0.4, 0.5) is 5.69 Å². The SMILES string of the molecule is CCCCc1nnc(SCC(=O)Nc2ccc(C(=O)OC)cc2)n1CC. The highest BCUT2D eigenvalue weighted by Crippen LogP contribution is 2.19. The van der Waals surface area contributed by atoms with Gasteiger partial charge < -0.3 is 14.6 Å². The highest BCUT2D eigenvalue weighted by Gasteiger charge is 2.13. The van der Waals surface area contributed by atoms with Crippen LogP contribution in [0.2, 0.25) is 0 Å². The maximum Gasteiger partial charge on any atom is 0.337 e. The number of carbonyl (C=O) groups excluding carboxylic acids is 2. The van der Waals surface area contributed by atoms with Gasteiger partial charge in [0.15, 0.2) is 5.16 Å². The lowest BCUT2D eigenvalue weighted by Gasteiger charge is -2.08. The van der Waals surface area contributed by atoms with Crippen molar-refractivity contribution in [2.24, 2.45) is 0 Å². The first kappa shape index (κ1) is 20.0. The van der Waals surface area contributed by atoms with Crippen LogP contribution in [-0.4, -0.2) is 39.5 Å². The van der Waals surface area contributed by atoms with Crippen LogP contribution in [-0.2, 0) is 22.5 Å². The molecular formula is C18H24N4O3S. The van der Waals surface area contributed by atoms with Gasteiger partial charge in [-0.15, -0.1) is 10.2 Å². The third-order valence-electron chi connectivity index (χ3n) is 3.79. The number of aryl methyl sites for hydroxylation is 1. The van der Waals surface area contributed by atoms with Gasteiger partial charge in [0.05, 0.1) is 18.4 Å². The van der Waals surface area contributed by atoms with E-state index in [1.54, 1.807) is 24.3 Å². The molecular weight excluding hydrogens is 352 g/mol. The van der Waals surface area contributed by atoms with Gasteiger partial charge >= 0.3 is 5.97 Å². The number of nitrogens with zero attached hydrogens (tertiary/aromatic N) is 3. The van der Waals surface area contributed by atoms with E-state index >= 15 is 0 Å². The number of ether oxygens (including phenoxy) is 1. The minimum atomic E-state index is -0.406. The first-order valence-electron chi connectivity index (χ1n) is 8.62. The largest absolute Gasteiger partial charge is 0.465 e. The number of unbranched alkanes of at least 4 members (excludes halogenated alkanes) is 1. The van der Waals surface area contributed by atoms with E-state index < -0.39 is 5.97 Å². The van der Waals surface area contributed by atoms with E-state index in [0.717, 1.165) is 36.8 Å². The van der Waals surface area contributed by atoms with Crippen molar-refractivity contribution in [1.82, 2.24) is 14.8 Å². The molecule has 1 heterocycles. The van der Waals surface area contributed by atoms with E-state index in [1.165, 1.54) is 18.9 Å². The van der Waals surface area contributed by atoms with E-state index in [2.05, 4.69) is 31.7 Å². The lowest BCUT2D eigenvalue weighted by Crippen LogP contribution is -2.15. The highest BCUT2D eigenvalue weighted by atomic mass is 32.2. The van der Waals surface area contributed by atoms with E-state index in [0.29, 0.717) is 11.3 Å². The number of rotatable bonds is 9. The predicted octanol–water partition coefficient (Wildman–Crippen LogP) is 3.16. The van der Waals surface area contributed by atoms with Gasteiger partial charge in [-0.1, -0.05) is 25.1 Å². The topological polar surface area (TPSA) is 86.1 Å². The maximum atomic E-state index is 12.2. The van der Waals surface area contributed by atoms with Crippen LogP contribution in [0.5, 0.6) is 0 Å². The molecule has 0 unspecified atom stereocenters. The van der Waals surface area contributed by atoms with Crippen LogP contribution in [0.25, 0.3) is 0 Å². The fraction of sp³-hybridized carbons (Fsp3) is 0.444. The fourth-order valence-electron chi connectivity index (χ4n) is 2.40. The molecule has 0 atom stereocenters. The number of thioether (sulfide) groups is 1. The predicted molar refractivity (Wildman–Crippen MR) is 101 cm³/mol. The highest BCUT2D eigenvalue weighted by molar-refractivity contribution is 7.99. The number of methoxy groups -OCH3 is 1. The Kier molecular flexibility index (Phi) is 7.65. The average Bonchev–Trinajstić information content (AvgIpc) is 3.06. The quantitative estimate of drug-likeness (QED) is 0.534. The number of carbonyl (C=O) groups is 2. The normalized spacial score (nSPS) is 10.6. The second-order valence-corrected chi connectivity index (χ2v) is 6.59. The summed E-state index contributed by atoms with van der Waals surface area (Å²) < 4.78 is 6.70. The molecule has 2 aromatic rings. The second kappa shape index (κ2) is 9.96. The summed E-state index contributed by atoms with van der Waals surface area (Å²) in [6, 6.07) is 6.57. The van der Waals surface area contributed by atoms with Gasteiger partial charge in [0.2, 0.25) is 5.91 Å². The first-order valence-corrected chi connectivity index (χ1v) is 9.60. The Morgan fingerprint density at radius 1 is 1.19 bits per heavy atom. The van der Waals surface area contributed by atoms with Crippen molar-refractivity contribution < 1.29 is 14.3 Å². The van der Waals surface area contributed by atoms with Crippen LogP contribution >= 0.6 is 11.8 Å². The molecule has 7 nitrogen and oxygen atoms in total. The molecule has 2 rings (SSSR count). The van der Waals surface area contributed by atoms with Crippen molar-refractivity contribution in [3.05, 3.63) is 35.7 Å². The molecule has 0 aliphatic rings. The van der Waals surface area contributed by atoms with Crippen molar-refractivity contribution in [3.8, 4) is 0 Å². The number of aromatic nitrogens is 3. The smallest absolute Gasteiger partial charge is 0.337 e. The summed E-state index contributed by atoms with van der Waals surface area (Å²) in [5, 5.41) is 12.0. The number of esters is 1. The summed E-state index contributed by atoms with van der Waals surface area (Å²) in [6.07, 6.45) is 3.08. The lowest BCUT2D eigenvalue weighted by molar-refractivity contribution is -0.113. The van der Waals surface area contributed by atoms with Crippen LogP contribution < -0.4 is 5.32 Å². The van der Waals surface area contributed by atoms with E-state index in [1.807, 2.05) is 6.92 Å². The van der Waals surface area contributed by atoms with Crippen molar-refractivity contribution >= 4 is 29.3 Å². The molecule has 0 saturated carbocycles. The standard InChI is InChI=1S/C18H24N4O3S/c1-4-6-7-15-20-21-18(22(15)5-2)26-12-16(23)19-14-10-8-13(9-11-14)17(24)25-3/h8-11H,4-7,12H2,1-3H3,(H,19,23). The average molecular weight is 376 g/mol. The van der Waals surface area contributed by atoms with Crippen LogP contribution in [0, 0.1) is 0 Å². The summed E-state index contributed by atoms with van der Waals surface area (Å²) >= 11 is 1.37. The zero-order chi connectivity index (χ0) is 18.9. The Bertz CT molecular complexity index is 743. The van der Waals surface area contributed by atoms with Crippen molar-refractivity contribution in [2.75, 3.05) is 18.2 Å². The minimum absolute atomic E-state index is 0.137. The molecule has 0 fully saturated rings. The Morgan fingerprint density at radius 3 is 2.54 bits per heavy atom. The van der Waals surface area contributed by atoms with Gasteiger partial charge in [-0.05, 0) is 37.6 Å². The fourth-order valence-corrected chi connectivity index (χ4v) is 3.22. The molecule has 0 bridgehead atoms. The Labute approximate surface area is 157 Å². The molecule has 0 radical (unpaired) electrons. The van der Waals surface area contributed by atoms with Crippen molar-refractivity contribution in [1.29, 1.82) is 0 Å². The second-order valence-electron chi connectivity index (χ2n) is 5.65. The first-order chi connectivity index (χ1) is 12.6. The van der Waals surface area contributed by atoms with Gasteiger partial charge in [0, 0.05) is 18.7 Å². The summed E-state index contributed by atoms with van der Waals surface area (Å²) in [7, 11) is 1.33. The van der Waals surface area contributed by atoms with E-state index in [4.69, 9.17) is 0 Å². The number of nitrogens with one attached hydrogen (secondary N) is 1. The van der Waals surface area contributed by atoms with E-state index in [-0.39, 0.29) is 11.7 Å². The Morgan fingerprint density at radius 2 is 1.92 bits per heavy atom. The summed E-state index contributed by atoms with van der Waals surface area (Å²) in [5.74, 6) is 0.665. The van der Waals surface area contributed by atoms with Crippen LogP contribution in [0.1, 0.15) is 42.9 Å². The van der Waals surface area contributed by atoms with Gasteiger partial charge in [-0.25, -0.2) is 4.79 Å². The van der Waals surface area contributed by atoms with Gasteiger partial charge in [0.1, 0.15) is 5.82 Å². The number of anilines is 1. The molecule has 26 heavy (non-hydrogen) atoms. The van der Waals surface area contributed by atoms with Gasteiger partial charge in [-0.2, -0.15) is 0 Å². The third kappa shape index (κ3) is 5.32. The summed E-state index contributed by atoms with van der Waals surface area (Å²) in [4.78, 5) is 23.6. The Balaban J connectivity index is 1.90. The minimum Gasteiger partial charge on any atom is -0.465 e. The zero-order valence-corrected chi connectivity index (χ0v) is 16.1. The van der Waals surface area contributed by atoms with Crippen LogP contribution in [0.3, 0.4) is 0 Å². The number of hydrogen-bond donors (Lipinski definition) is 1. The number of amides is 1. The summed E-state index contributed by atoms with van der Waals surface area (Å²) in [6.45, 7) is 4.97. The number of hydrogen-bond acceptors (Lipinski definition) is 6. The molecule has 140 valence electrons. The van der Waals surface area contributed by atoms with Crippen molar-refractivity contribution in [3.63, 3.8) is 0 Å². The third-order valence-corrected chi connectivity index (χ3v) is 4.75. The molecule has 0 aliphatic carbocycles. The molecule has 1 aromatic carbocycles. The van der Waals surface area contributed by atoms with E-state index in [9.17, 15) is 9.59 Å². The monoisotopic (exact) mass is 376 g/mol. The summed E-state index contributed by atoms with van der Waals surface area (Å²) in [5.41, 5.74) is 1.07. The molecule has 0 aliphatic heterocycles. The Hall–Kier alpha value is -2.35. The zero-order valence-electron chi connectivity index (χ0n) is 15.3. The molecule has 1 aromatic heterocycles. The van der Waals surface area contributed by atoms with Gasteiger partial charge in [0.25, 0.3) is 0 Å². The molecule has 1 N–H and O–H groups in total. The molecule has 8 heteroatoms. The lowest BCUT2D eigenvalue weighted by atomic mass is 10.2. The number of benzene rings is 1.